The molecule has 0 unspecified atom stereocenters. The van der Waals surface area contributed by atoms with Gasteiger partial charge in [0.1, 0.15) is 7.14 Å². The maximum Gasteiger partial charge on any atom is 0.163 e. The van der Waals surface area contributed by atoms with Gasteiger partial charge in [-0.25, -0.2) is 0 Å². The molecule has 0 fully saturated rings. The van der Waals surface area contributed by atoms with Gasteiger partial charge in [-0.15, -0.1) is 13.2 Å². The van der Waals surface area contributed by atoms with Crippen LogP contribution in [0.3, 0.4) is 0 Å². The second-order valence-electron chi connectivity index (χ2n) is 5.81. The summed E-state index contributed by atoms with van der Waals surface area (Å²) in [6.07, 6.45) is 4.41. The van der Waals surface area contributed by atoms with Crippen molar-refractivity contribution in [3.63, 3.8) is 0 Å². The zero-order valence-electron chi connectivity index (χ0n) is 13.8. The average Bonchev–Trinajstić information content (AvgIpc) is 2.61. The monoisotopic (exact) mass is 338 g/mol. The Labute approximate surface area is 144 Å². The zero-order chi connectivity index (χ0) is 17.4. The summed E-state index contributed by atoms with van der Waals surface area (Å²) in [5.41, 5.74) is 1.28. The van der Waals surface area contributed by atoms with E-state index in [0.717, 1.165) is 5.56 Å². The Hall–Kier alpha value is -2.18. The number of hydrogen-bond donors (Lipinski definition) is 0. The van der Waals surface area contributed by atoms with E-state index in [9.17, 15) is 9.36 Å². The number of benzene rings is 2. The van der Waals surface area contributed by atoms with Gasteiger partial charge in [-0.1, -0.05) is 72.8 Å². The van der Waals surface area contributed by atoms with Crippen LogP contribution >= 0.6 is 7.14 Å². The lowest BCUT2D eigenvalue weighted by Gasteiger charge is -2.26. The maximum absolute atomic E-state index is 13.6. The second-order valence-corrected chi connectivity index (χ2v) is 9.07. The Bertz CT molecular complexity index is 721. The summed E-state index contributed by atoms with van der Waals surface area (Å²) in [4.78, 5) is 12.7. The number of allylic oxidation sites excluding steroid dienone is 2. The smallest absolute Gasteiger partial charge is 0.163 e. The van der Waals surface area contributed by atoms with E-state index in [1.807, 2.05) is 48.5 Å². The third kappa shape index (κ3) is 4.43. The third-order valence-electron chi connectivity index (χ3n) is 4.10. The van der Waals surface area contributed by atoms with E-state index in [1.165, 1.54) is 0 Å². The molecule has 2 nitrogen and oxygen atoms in total. The molecule has 0 aliphatic carbocycles. The maximum atomic E-state index is 13.6. The van der Waals surface area contributed by atoms with E-state index in [4.69, 9.17) is 0 Å². The summed E-state index contributed by atoms with van der Waals surface area (Å²) < 4.78 is 13.6. The summed E-state index contributed by atoms with van der Waals surface area (Å²) in [5.74, 6) is 0.0119. The van der Waals surface area contributed by atoms with Crippen LogP contribution in [-0.4, -0.2) is 18.1 Å². The summed E-state index contributed by atoms with van der Waals surface area (Å²) in [7, 11) is -2.68. The molecule has 1 atom stereocenters. The lowest BCUT2D eigenvalue weighted by Crippen LogP contribution is -2.11. The number of carbonyl (C=O) groups is 1. The predicted molar refractivity (Wildman–Crippen MR) is 102 cm³/mol. The Morgan fingerprint density at radius 1 is 0.917 bits per heavy atom. The number of carbonyl (C=O) groups excluding carboxylic acids is 1. The minimum atomic E-state index is -2.68. The molecule has 0 saturated heterocycles. The summed E-state index contributed by atoms with van der Waals surface area (Å²) in [5, 5.41) is 0. The van der Waals surface area contributed by atoms with Gasteiger partial charge in [0, 0.05) is 30.0 Å². The lowest BCUT2D eigenvalue weighted by molar-refractivity contribution is 0.0980. The standard InChI is InChI=1S/C21H23O2P/c1-3-15-24(23,16-4-2)21(19-13-9-6-10-14-19)17-20(22)18-11-7-5-8-12-18/h3-14,21H,1-2,15-17H2/t21-/m0/s1. The SMILES string of the molecule is C=CCP(=O)(CC=C)[C@@H](CC(=O)c1ccccc1)c1ccccc1. The fourth-order valence-electron chi connectivity index (χ4n) is 2.91. The highest BCUT2D eigenvalue weighted by atomic mass is 31.2. The Kier molecular flexibility index (Phi) is 6.52. The molecule has 2 rings (SSSR count). The van der Waals surface area contributed by atoms with Gasteiger partial charge in [0.05, 0.1) is 0 Å². The summed E-state index contributed by atoms with van der Waals surface area (Å²) in [6.45, 7) is 7.50. The topological polar surface area (TPSA) is 34.1 Å². The quantitative estimate of drug-likeness (QED) is 0.332. The van der Waals surface area contributed by atoms with Gasteiger partial charge < -0.3 is 4.57 Å². The fraction of sp³-hybridized carbons (Fsp3) is 0.190. The minimum absolute atomic E-state index is 0.0119. The van der Waals surface area contributed by atoms with Gasteiger partial charge in [-0.3, -0.25) is 4.79 Å². The molecule has 0 heterocycles. The molecule has 0 bridgehead atoms. The first kappa shape index (κ1) is 18.2. The summed E-state index contributed by atoms with van der Waals surface area (Å²) >= 11 is 0. The van der Waals surface area contributed by atoms with Crippen molar-refractivity contribution in [2.24, 2.45) is 0 Å². The van der Waals surface area contributed by atoms with Crippen LogP contribution in [0.1, 0.15) is 28.0 Å². The number of hydrogen-bond acceptors (Lipinski definition) is 2. The van der Waals surface area contributed by atoms with Crippen molar-refractivity contribution in [3.8, 4) is 0 Å². The highest BCUT2D eigenvalue weighted by molar-refractivity contribution is 7.64. The molecule has 0 radical (unpaired) electrons. The zero-order valence-corrected chi connectivity index (χ0v) is 14.7. The van der Waals surface area contributed by atoms with Crippen LogP contribution in [0.2, 0.25) is 0 Å². The molecule has 2 aromatic carbocycles. The molecular formula is C21H23O2P. The molecule has 0 N–H and O–H groups in total. The van der Waals surface area contributed by atoms with Crippen molar-refractivity contribution in [1.29, 1.82) is 0 Å². The van der Waals surface area contributed by atoms with E-state index in [0.29, 0.717) is 17.9 Å². The van der Waals surface area contributed by atoms with Crippen molar-refractivity contribution >= 4 is 12.9 Å². The van der Waals surface area contributed by atoms with Crippen LogP contribution in [0, 0.1) is 0 Å². The van der Waals surface area contributed by atoms with Crippen molar-refractivity contribution in [2.45, 2.75) is 12.1 Å². The average molecular weight is 338 g/mol. The van der Waals surface area contributed by atoms with Crippen LogP contribution in [0.5, 0.6) is 0 Å². The molecule has 0 spiro atoms. The lowest BCUT2D eigenvalue weighted by atomic mass is 10.0. The van der Waals surface area contributed by atoms with Crippen LogP contribution in [0.4, 0.5) is 0 Å². The molecule has 0 amide bonds. The molecule has 0 aliphatic rings. The Balaban J connectivity index is 2.39. The van der Waals surface area contributed by atoms with Crippen molar-refractivity contribution < 1.29 is 9.36 Å². The van der Waals surface area contributed by atoms with Crippen LogP contribution in [0.15, 0.2) is 86.0 Å². The molecule has 124 valence electrons. The minimum Gasteiger partial charge on any atom is -0.322 e. The van der Waals surface area contributed by atoms with E-state index in [-0.39, 0.29) is 17.9 Å². The van der Waals surface area contributed by atoms with Crippen LogP contribution in [0.25, 0.3) is 0 Å². The van der Waals surface area contributed by atoms with Gasteiger partial charge >= 0.3 is 0 Å². The van der Waals surface area contributed by atoms with E-state index in [1.54, 1.807) is 24.3 Å². The number of ketones is 1. The first-order valence-electron chi connectivity index (χ1n) is 8.03. The van der Waals surface area contributed by atoms with Gasteiger partial charge in [0.2, 0.25) is 0 Å². The molecule has 2 aromatic rings. The highest BCUT2D eigenvalue weighted by Gasteiger charge is 2.33. The van der Waals surface area contributed by atoms with Crippen LogP contribution in [-0.2, 0) is 4.57 Å². The fourth-order valence-corrected chi connectivity index (χ4v) is 5.66. The molecule has 3 heteroatoms. The molecule has 0 aromatic heterocycles. The van der Waals surface area contributed by atoms with Crippen molar-refractivity contribution in [3.05, 3.63) is 97.1 Å². The van der Waals surface area contributed by atoms with Gasteiger partial charge in [-0.2, -0.15) is 0 Å². The Morgan fingerprint density at radius 2 is 1.42 bits per heavy atom. The molecule has 0 saturated carbocycles. The number of rotatable bonds is 9. The largest absolute Gasteiger partial charge is 0.322 e. The summed E-state index contributed by atoms with van der Waals surface area (Å²) in [6, 6.07) is 18.8. The number of Topliss-reactive ketones (excluding diaryl/α,β-unsaturated/α-hetero) is 1. The third-order valence-corrected chi connectivity index (χ3v) is 7.47. The van der Waals surface area contributed by atoms with E-state index in [2.05, 4.69) is 13.2 Å². The Morgan fingerprint density at radius 3 is 1.92 bits per heavy atom. The van der Waals surface area contributed by atoms with Crippen LogP contribution < -0.4 is 0 Å². The molecule has 24 heavy (non-hydrogen) atoms. The normalized spacial score (nSPS) is 12.3. The van der Waals surface area contributed by atoms with Gasteiger partial charge in [0.25, 0.3) is 0 Å². The highest BCUT2D eigenvalue weighted by Crippen LogP contribution is 2.60. The first-order valence-corrected chi connectivity index (χ1v) is 10.2. The van der Waals surface area contributed by atoms with E-state index >= 15 is 0 Å². The molecular weight excluding hydrogens is 315 g/mol. The first-order chi connectivity index (χ1) is 11.6. The van der Waals surface area contributed by atoms with Gasteiger partial charge in [-0.05, 0) is 5.56 Å². The second kappa shape index (κ2) is 8.61. The van der Waals surface area contributed by atoms with Crippen molar-refractivity contribution in [1.82, 2.24) is 0 Å². The van der Waals surface area contributed by atoms with E-state index < -0.39 is 7.14 Å². The van der Waals surface area contributed by atoms with Gasteiger partial charge in [0.15, 0.2) is 5.78 Å². The van der Waals surface area contributed by atoms with Crippen molar-refractivity contribution in [2.75, 3.05) is 12.3 Å². The molecule has 0 aliphatic heterocycles. The predicted octanol–water partition coefficient (Wildman–Crippen LogP) is 5.74.